The van der Waals surface area contributed by atoms with E-state index in [1.807, 2.05) is 49.5 Å². The van der Waals surface area contributed by atoms with Gasteiger partial charge < -0.3 is 19.3 Å². The summed E-state index contributed by atoms with van der Waals surface area (Å²) in [6.07, 6.45) is 1.27. The summed E-state index contributed by atoms with van der Waals surface area (Å²) in [5, 5.41) is 9.89. The van der Waals surface area contributed by atoms with Crippen molar-refractivity contribution in [2.75, 3.05) is 11.9 Å². The Balaban J connectivity index is 1.83. The number of para-hydroxylation sites is 1. The Bertz CT molecular complexity index is 905. The van der Waals surface area contributed by atoms with E-state index < -0.39 is 0 Å². The first-order chi connectivity index (χ1) is 12.1. The molecule has 5 nitrogen and oxygen atoms in total. The van der Waals surface area contributed by atoms with Gasteiger partial charge in [-0.1, -0.05) is 24.3 Å². The number of hydrogen-bond acceptors (Lipinski definition) is 4. The average Bonchev–Trinajstić information content (AvgIpc) is 3.13. The van der Waals surface area contributed by atoms with Crippen molar-refractivity contribution in [2.24, 2.45) is 0 Å². The molecule has 1 amide bonds. The molecule has 1 N–H and O–H groups in total. The van der Waals surface area contributed by atoms with Crippen molar-refractivity contribution >= 4 is 11.6 Å². The van der Waals surface area contributed by atoms with E-state index in [4.69, 9.17) is 4.42 Å². The number of hydrogen-bond donors (Lipinski definition) is 1. The van der Waals surface area contributed by atoms with Gasteiger partial charge in [0.15, 0.2) is 0 Å². The second-order valence-electron chi connectivity index (χ2n) is 6.11. The summed E-state index contributed by atoms with van der Waals surface area (Å²) in [5.41, 5.74) is 2.38. The molecule has 0 saturated carbocycles. The molecule has 0 spiro atoms. The highest BCUT2D eigenvalue weighted by Gasteiger charge is 2.37. The maximum atomic E-state index is 13.2. The Labute approximate surface area is 145 Å². The van der Waals surface area contributed by atoms with E-state index in [2.05, 4.69) is 4.90 Å². The van der Waals surface area contributed by atoms with Crippen LogP contribution < -0.4 is 4.90 Å². The number of phenolic OH excluding ortho intramolecular Hbond substituents is 1. The third-order valence-corrected chi connectivity index (χ3v) is 4.51. The lowest BCUT2D eigenvalue weighted by Gasteiger charge is -2.43. The summed E-state index contributed by atoms with van der Waals surface area (Å²) >= 11 is 0. The fraction of sp³-hybridized carbons (Fsp3) is 0.150. The van der Waals surface area contributed by atoms with Gasteiger partial charge >= 0.3 is 0 Å². The van der Waals surface area contributed by atoms with Crippen LogP contribution in [-0.4, -0.2) is 23.0 Å². The molecule has 1 aliphatic heterocycles. The summed E-state index contributed by atoms with van der Waals surface area (Å²) in [4.78, 5) is 17.0. The Kier molecular flexibility index (Phi) is 3.69. The third kappa shape index (κ3) is 2.63. The van der Waals surface area contributed by atoms with Crippen LogP contribution in [0.15, 0.2) is 71.3 Å². The number of nitrogens with zero attached hydrogens (tertiary/aromatic N) is 2. The van der Waals surface area contributed by atoms with Crippen molar-refractivity contribution in [3.05, 3.63) is 83.8 Å². The fourth-order valence-corrected chi connectivity index (χ4v) is 3.39. The maximum absolute atomic E-state index is 13.2. The maximum Gasteiger partial charge on any atom is 0.258 e. The van der Waals surface area contributed by atoms with Crippen LogP contribution in [0.3, 0.4) is 0 Å². The molecule has 1 unspecified atom stereocenters. The summed E-state index contributed by atoms with van der Waals surface area (Å²) in [5.74, 6) is 0.833. The lowest BCUT2D eigenvalue weighted by atomic mass is 10.0. The molecule has 1 aliphatic rings. The molecule has 0 saturated heterocycles. The molecule has 0 bridgehead atoms. The zero-order chi connectivity index (χ0) is 17.4. The number of fused-ring (bicyclic) bond motifs is 1. The SMILES string of the molecule is CN1c2ccccc2C(=O)N(Cc2ccco2)C1c1cccc(O)c1. The Morgan fingerprint density at radius 3 is 2.68 bits per heavy atom. The number of carbonyl (C=O) groups is 1. The highest BCUT2D eigenvalue weighted by molar-refractivity contribution is 6.02. The predicted molar refractivity (Wildman–Crippen MR) is 94.3 cm³/mol. The molecule has 0 radical (unpaired) electrons. The highest BCUT2D eigenvalue weighted by Crippen LogP contribution is 2.39. The number of rotatable bonds is 3. The van der Waals surface area contributed by atoms with Gasteiger partial charge in [-0.15, -0.1) is 0 Å². The normalized spacial score (nSPS) is 16.8. The van der Waals surface area contributed by atoms with Gasteiger partial charge in [0.1, 0.15) is 17.7 Å². The lowest BCUT2D eigenvalue weighted by molar-refractivity contribution is 0.0619. The zero-order valence-electron chi connectivity index (χ0n) is 13.8. The summed E-state index contributed by atoms with van der Waals surface area (Å²) in [7, 11) is 1.95. The van der Waals surface area contributed by atoms with Crippen molar-refractivity contribution in [3.63, 3.8) is 0 Å². The van der Waals surface area contributed by atoms with Crippen LogP contribution in [0.5, 0.6) is 5.75 Å². The van der Waals surface area contributed by atoms with Crippen molar-refractivity contribution in [3.8, 4) is 5.75 Å². The van der Waals surface area contributed by atoms with Gasteiger partial charge in [-0.25, -0.2) is 0 Å². The predicted octanol–water partition coefficient (Wildman–Crippen LogP) is 3.78. The molecule has 2 heterocycles. The standard InChI is InChI=1S/C20H18N2O3/c1-21-18-10-3-2-9-17(18)20(24)22(13-16-8-5-11-25-16)19(21)14-6-4-7-15(23)12-14/h2-12,19,23H,13H2,1H3. The molecule has 25 heavy (non-hydrogen) atoms. The van der Waals surface area contributed by atoms with Crippen molar-refractivity contribution in [1.82, 2.24) is 4.90 Å². The van der Waals surface area contributed by atoms with Crippen LogP contribution in [0.25, 0.3) is 0 Å². The molecular formula is C20H18N2O3. The van der Waals surface area contributed by atoms with Gasteiger partial charge in [0, 0.05) is 7.05 Å². The van der Waals surface area contributed by atoms with Gasteiger partial charge in [0.2, 0.25) is 0 Å². The number of furan rings is 1. The first kappa shape index (κ1) is 15.3. The number of carbonyl (C=O) groups excluding carboxylic acids is 1. The Morgan fingerprint density at radius 2 is 1.92 bits per heavy atom. The Morgan fingerprint density at radius 1 is 1.08 bits per heavy atom. The first-order valence-electron chi connectivity index (χ1n) is 8.09. The Hall–Kier alpha value is -3.21. The minimum atomic E-state index is -0.334. The van der Waals surface area contributed by atoms with Crippen LogP contribution in [0, 0.1) is 0 Å². The van der Waals surface area contributed by atoms with Crippen molar-refractivity contribution in [2.45, 2.75) is 12.7 Å². The number of phenols is 1. The largest absolute Gasteiger partial charge is 0.508 e. The smallest absolute Gasteiger partial charge is 0.258 e. The van der Waals surface area contributed by atoms with E-state index in [9.17, 15) is 9.90 Å². The number of anilines is 1. The number of amides is 1. The zero-order valence-corrected chi connectivity index (χ0v) is 13.8. The van der Waals surface area contributed by atoms with E-state index in [-0.39, 0.29) is 17.8 Å². The molecule has 1 atom stereocenters. The molecule has 1 aromatic heterocycles. The topological polar surface area (TPSA) is 56.9 Å². The van der Waals surface area contributed by atoms with Crippen LogP contribution in [0.4, 0.5) is 5.69 Å². The molecule has 2 aromatic carbocycles. The number of benzene rings is 2. The molecule has 0 aliphatic carbocycles. The highest BCUT2D eigenvalue weighted by atomic mass is 16.3. The lowest BCUT2D eigenvalue weighted by Crippen LogP contribution is -2.47. The minimum Gasteiger partial charge on any atom is -0.508 e. The summed E-state index contributed by atoms with van der Waals surface area (Å²) < 4.78 is 5.45. The summed E-state index contributed by atoms with van der Waals surface area (Å²) in [6.45, 7) is 0.352. The van der Waals surface area contributed by atoms with Crippen LogP contribution >= 0.6 is 0 Å². The van der Waals surface area contributed by atoms with Crippen LogP contribution in [0.1, 0.15) is 27.8 Å². The second-order valence-corrected chi connectivity index (χ2v) is 6.11. The van der Waals surface area contributed by atoms with Gasteiger partial charge in [-0.05, 0) is 42.0 Å². The first-order valence-corrected chi connectivity index (χ1v) is 8.09. The molecule has 0 fully saturated rings. The molecule has 3 aromatic rings. The second kappa shape index (κ2) is 6.02. The van der Waals surface area contributed by atoms with Gasteiger partial charge in [0.25, 0.3) is 5.91 Å². The molecule has 4 rings (SSSR count). The van der Waals surface area contributed by atoms with Crippen LogP contribution in [-0.2, 0) is 6.54 Å². The van der Waals surface area contributed by atoms with E-state index in [0.29, 0.717) is 17.9 Å². The average molecular weight is 334 g/mol. The van der Waals surface area contributed by atoms with Crippen LogP contribution in [0.2, 0.25) is 0 Å². The van der Waals surface area contributed by atoms with E-state index in [0.717, 1.165) is 11.3 Å². The van der Waals surface area contributed by atoms with E-state index in [1.165, 1.54) is 0 Å². The van der Waals surface area contributed by atoms with Gasteiger partial charge in [-0.3, -0.25) is 4.79 Å². The monoisotopic (exact) mass is 334 g/mol. The molecule has 126 valence electrons. The van der Waals surface area contributed by atoms with Gasteiger partial charge in [0.05, 0.1) is 24.1 Å². The third-order valence-electron chi connectivity index (χ3n) is 4.51. The van der Waals surface area contributed by atoms with Crippen molar-refractivity contribution in [1.29, 1.82) is 0 Å². The molecule has 5 heteroatoms. The molecular weight excluding hydrogens is 316 g/mol. The fourth-order valence-electron chi connectivity index (χ4n) is 3.39. The minimum absolute atomic E-state index is 0.0570. The van der Waals surface area contributed by atoms with E-state index >= 15 is 0 Å². The quantitative estimate of drug-likeness (QED) is 0.792. The van der Waals surface area contributed by atoms with Gasteiger partial charge in [-0.2, -0.15) is 0 Å². The number of aromatic hydroxyl groups is 1. The summed E-state index contributed by atoms with van der Waals surface area (Å²) in [6, 6.07) is 18.2. The van der Waals surface area contributed by atoms with E-state index in [1.54, 1.807) is 29.4 Å². The van der Waals surface area contributed by atoms with Crippen molar-refractivity contribution < 1.29 is 14.3 Å².